The molecule has 0 bridgehead atoms. The number of nitrogens with one attached hydrogen (secondary N) is 3. The van der Waals surface area contributed by atoms with Crippen molar-refractivity contribution in [2.45, 2.75) is 25.2 Å². The lowest BCUT2D eigenvalue weighted by molar-refractivity contribution is 0.671. The van der Waals surface area contributed by atoms with Crippen LogP contribution in [0.2, 0.25) is 0 Å². The lowest BCUT2D eigenvalue weighted by atomic mass is 9.94. The van der Waals surface area contributed by atoms with E-state index in [-0.39, 0.29) is 10.3 Å². The molecule has 1 aromatic carbocycles. The van der Waals surface area contributed by atoms with Crippen LogP contribution < -0.4 is 11.5 Å². The molecule has 25 heavy (non-hydrogen) atoms. The van der Waals surface area contributed by atoms with Gasteiger partial charge in [-0.15, -0.1) is 0 Å². The molecule has 0 saturated heterocycles. The number of H-pyrrole nitrogens is 1. The number of hydrogen-bond acceptors (Lipinski definition) is 5. The quantitative estimate of drug-likeness (QED) is 0.339. The lowest BCUT2D eigenvalue weighted by Crippen LogP contribution is -2.11. The van der Waals surface area contributed by atoms with Crippen molar-refractivity contribution in [1.82, 2.24) is 9.97 Å². The third-order valence-electron chi connectivity index (χ3n) is 3.82. The number of aromatic amines is 1. The summed E-state index contributed by atoms with van der Waals surface area (Å²) in [6, 6.07) is 8.57. The Hall–Kier alpha value is -1.93. The van der Waals surface area contributed by atoms with E-state index < -0.39 is 0 Å². The van der Waals surface area contributed by atoms with Crippen molar-refractivity contribution in [3.05, 3.63) is 53.6 Å². The van der Waals surface area contributed by atoms with Crippen LogP contribution in [-0.4, -0.2) is 31.8 Å². The fourth-order valence-corrected chi connectivity index (χ4v) is 3.82. The molecule has 0 aliphatic heterocycles. The highest BCUT2D eigenvalue weighted by atomic mass is 32.2. The second-order valence-corrected chi connectivity index (χ2v) is 7.85. The summed E-state index contributed by atoms with van der Waals surface area (Å²) in [5, 5.41) is 15.0. The van der Waals surface area contributed by atoms with Gasteiger partial charge in [0, 0.05) is 30.3 Å². The zero-order valence-corrected chi connectivity index (χ0v) is 15.6. The van der Waals surface area contributed by atoms with Gasteiger partial charge in [0.15, 0.2) is 10.3 Å². The number of nitrogens with two attached hydrogens (primary N) is 2. The summed E-state index contributed by atoms with van der Waals surface area (Å²) in [6.45, 7) is 0. The molecule has 8 heteroatoms. The van der Waals surface area contributed by atoms with Crippen molar-refractivity contribution in [1.29, 1.82) is 10.8 Å². The number of benzene rings is 1. The molecule has 0 unspecified atom stereocenters. The summed E-state index contributed by atoms with van der Waals surface area (Å²) in [7, 11) is 0. The van der Waals surface area contributed by atoms with Crippen LogP contribution in [0.4, 0.5) is 0 Å². The molecule has 134 valence electrons. The van der Waals surface area contributed by atoms with Crippen LogP contribution in [0, 0.1) is 10.8 Å². The zero-order chi connectivity index (χ0) is 18.1. The molecule has 7 N–H and O–H groups in total. The predicted molar refractivity (Wildman–Crippen MR) is 109 cm³/mol. The molecule has 2 aromatic rings. The highest BCUT2D eigenvalue weighted by Gasteiger charge is 2.14. The fourth-order valence-electron chi connectivity index (χ4n) is 2.52. The Kier molecular flexibility index (Phi) is 7.87. The van der Waals surface area contributed by atoms with Crippen molar-refractivity contribution in [3.8, 4) is 0 Å². The molecule has 2 rings (SSSR count). The van der Waals surface area contributed by atoms with Gasteiger partial charge in [-0.2, -0.15) is 0 Å². The highest BCUT2D eigenvalue weighted by Crippen LogP contribution is 2.26. The SMILES string of the molecule is N=C(N)SCCc1ccc([C@@H](CCc2ncc[nH]2)CSC(=N)N)cc1. The van der Waals surface area contributed by atoms with E-state index in [9.17, 15) is 0 Å². The van der Waals surface area contributed by atoms with Gasteiger partial charge in [-0.3, -0.25) is 10.8 Å². The normalized spacial score (nSPS) is 12.0. The molecule has 0 spiro atoms. The largest absolute Gasteiger partial charge is 0.379 e. The van der Waals surface area contributed by atoms with E-state index in [1.54, 1.807) is 6.20 Å². The number of aromatic nitrogens is 2. The van der Waals surface area contributed by atoms with Crippen LogP contribution in [0.5, 0.6) is 0 Å². The number of thioether (sulfide) groups is 2. The van der Waals surface area contributed by atoms with Crippen LogP contribution in [-0.2, 0) is 12.8 Å². The Morgan fingerprint density at radius 1 is 1.08 bits per heavy atom. The van der Waals surface area contributed by atoms with Gasteiger partial charge in [0.2, 0.25) is 0 Å². The summed E-state index contributed by atoms with van der Waals surface area (Å²) in [6.07, 6.45) is 6.31. The van der Waals surface area contributed by atoms with Crippen molar-refractivity contribution < 1.29 is 0 Å². The second-order valence-electron chi connectivity index (χ2n) is 5.65. The topological polar surface area (TPSA) is 128 Å². The molecule has 0 aliphatic rings. The highest BCUT2D eigenvalue weighted by molar-refractivity contribution is 8.13. The van der Waals surface area contributed by atoms with Crippen molar-refractivity contribution in [2.75, 3.05) is 11.5 Å². The summed E-state index contributed by atoms with van der Waals surface area (Å²) in [4.78, 5) is 7.42. The minimum atomic E-state index is 0.154. The van der Waals surface area contributed by atoms with Crippen LogP contribution in [0.25, 0.3) is 0 Å². The Balaban J connectivity index is 1.96. The third kappa shape index (κ3) is 7.23. The average molecular weight is 377 g/mol. The van der Waals surface area contributed by atoms with E-state index in [1.165, 1.54) is 34.7 Å². The van der Waals surface area contributed by atoms with Gasteiger partial charge in [-0.05, 0) is 29.9 Å². The molecule has 1 aromatic heterocycles. The average Bonchev–Trinajstić information content (AvgIpc) is 3.09. The van der Waals surface area contributed by atoms with Gasteiger partial charge >= 0.3 is 0 Å². The Morgan fingerprint density at radius 2 is 1.80 bits per heavy atom. The van der Waals surface area contributed by atoms with Crippen LogP contribution in [0.1, 0.15) is 29.3 Å². The van der Waals surface area contributed by atoms with E-state index >= 15 is 0 Å². The summed E-state index contributed by atoms with van der Waals surface area (Å²) in [5.74, 6) is 2.90. The Bertz CT molecular complexity index is 669. The monoisotopic (exact) mass is 376 g/mol. The van der Waals surface area contributed by atoms with E-state index in [4.69, 9.17) is 22.3 Å². The molecule has 0 aliphatic carbocycles. The molecule has 0 fully saturated rings. The molecular formula is C17H24N6S2. The van der Waals surface area contributed by atoms with Gasteiger partial charge < -0.3 is 16.5 Å². The van der Waals surface area contributed by atoms with E-state index in [2.05, 4.69) is 34.2 Å². The number of nitrogens with zero attached hydrogens (tertiary/aromatic N) is 1. The first-order chi connectivity index (χ1) is 12.0. The first kappa shape index (κ1) is 19.4. The fraction of sp³-hybridized carbons (Fsp3) is 0.353. The molecule has 6 nitrogen and oxygen atoms in total. The standard InChI is InChI=1S/C17H24N6S2/c18-16(19)24-10-7-12-1-3-13(4-2-12)14(11-25-17(20)21)5-6-15-22-8-9-23-15/h1-4,8-9,14H,5-7,10-11H2,(H3,18,19)(H3,20,21)(H,22,23)/t14-/m0/s1. The van der Waals surface area contributed by atoms with Crippen molar-refractivity contribution >= 4 is 33.9 Å². The van der Waals surface area contributed by atoms with Gasteiger partial charge in [-0.25, -0.2) is 4.98 Å². The predicted octanol–water partition coefficient (Wildman–Crippen LogP) is 2.92. The molecule has 1 atom stereocenters. The Labute approximate surface area is 156 Å². The van der Waals surface area contributed by atoms with Crippen LogP contribution in [0.3, 0.4) is 0 Å². The second kappa shape index (κ2) is 10.1. The number of hydrogen-bond donors (Lipinski definition) is 5. The minimum Gasteiger partial charge on any atom is -0.379 e. The van der Waals surface area contributed by atoms with Crippen LogP contribution >= 0.6 is 23.5 Å². The van der Waals surface area contributed by atoms with E-state index in [0.717, 1.165) is 36.6 Å². The first-order valence-corrected chi connectivity index (χ1v) is 10.0. The summed E-state index contributed by atoms with van der Waals surface area (Å²) < 4.78 is 0. The van der Waals surface area contributed by atoms with Gasteiger partial charge in [-0.1, -0.05) is 47.8 Å². The molecule has 0 amide bonds. The molecule has 0 radical (unpaired) electrons. The zero-order valence-electron chi connectivity index (χ0n) is 14.0. The van der Waals surface area contributed by atoms with Gasteiger partial charge in [0.25, 0.3) is 0 Å². The first-order valence-electron chi connectivity index (χ1n) is 8.05. The number of amidine groups is 2. The van der Waals surface area contributed by atoms with Crippen molar-refractivity contribution in [3.63, 3.8) is 0 Å². The van der Waals surface area contributed by atoms with E-state index in [0.29, 0.717) is 5.92 Å². The van der Waals surface area contributed by atoms with Crippen LogP contribution in [0.15, 0.2) is 36.7 Å². The molecule has 0 saturated carbocycles. The Morgan fingerprint density at radius 3 is 2.40 bits per heavy atom. The third-order valence-corrected chi connectivity index (χ3v) is 5.42. The van der Waals surface area contributed by atoms with Gasteiger partial charge in [0.1, 0.15) is 5.82 Å². The maximum atomic E-state index is 7.46. The minimum absolute atomic E-state index is 0.154. The number of imidazole rings is 1. The maximum Gasteiger partial charge on any atom is 0.151 e. The van der Waals surface area contributed by atoms with Crippen molar-refractivity contribution in [2.24, 2.45) is 11.5 Å². The van der Waals surface area contributed by atoms with Gasteiger partial charge in [0.05, 0.1) is 0 Å². The summed E-state index contributed by atoms with van der Waals surface area (Å²) >= 11 is 2.75. The maximum absolute atomic E-state index is 7.46. The number of aryl methyl sites for hydroxylation is 2. The lowest BCUT2D eigenvalue weighted by Gasteiger charge is -2.17. The number of rotatable bonds is 9. The smallest absolute Gasteiger partial charge is 0.151 e. The van der Waals surface area contributed by atoms with E-state index in [1.807, 2.05) is 6.20 Å². The summed E-state index contributed by atoms with van der Waals surface area (Å²) in [5.41, 5.74) is 13.4. The molecular weight excluding hydrogens is 352 g/mol. The molecule has 1 heterocycles.